The molecule has 0 spiro atoms. The van der Waals surface area contributed by atoms with Crippen molar-refractivity contribution in [1.29, 1.82) is 0 Å². The minimum Gasteiger partial charge on any atom is -0.497 e. The van der Waals surface area contributed by atoms with Crippen LogP contribution >= 0.6 is 0 Å². The molecule has 1 unspecified atom stereocenters. The molecule has 17 heavy (non-hydrogen) atoms. The summed E-state index contributed by atoms with van der Waals surface area (Å²) in [6.07, 6.45) is 1.20. The van der Waals surface area contributed by atoms with Crippen LogP contribution < -0.4 is 14.8 Å². The van der Waals surface area contributed by atoms with Gasteiger partial charge in [0.1, 0.15) is 11.5 Å². The van der Waals surface area contributed by atoms with E-state index in [4.69, 9.17) is 9.47 Å². The van der Waals surface area contributed by atoms with Gasteiger partial charge in [-0.15, -0.1) is 0 Å². The minimum absolute atomic E-state index is 0.711. The Bertz CT molecular complexity index is 317. The van der Waals surface area contributed by atoms with Gasteiger partial charge < -0.3 is 14.8 Å². The fraction of sp³-hybridized carbons (Fsp3) is 0.571. The van der Waals surface area contributed by atoms with Crippen molar-refractivity contribution < 1.29 is 9.47 Å². The molecule has 0 saturated heterocycles. The van der Waals surface area contributed by atoms with E-state index in [-0.39, 0.29) is 0 Å². The molecule has 0 aliphatic carbocycles. The van der Waals surface area contributed by atoms with E-state index < -0.39 is 0 Å². The normalized spacial score (nSPS) is 12.2. The Balaban J connectivity index is 2.57. The molecule has 96 valence electrons. The van der Waals surface area contributed by atoms with Gasteiger partial charge in [0, 0.05) is 12.6 Å². The van der Waals surface area contributed by atoms with E-state index in [1.54, 1.807) is 14.2 Å². The van der Waals surface area contributed by atoms with Crippen LogP contribution in [0.2, 0.25) is 0 Å². The first-order valence-electron chi connectivity index (χ1n) is 6.12. The van der Waals surface area contributed by atoms with Crippen LogP contribution in [0.1, 0.15) is 25.8 Å². The van der Waals surface area contributed by atoms with Crippen LogP contribution in [0.3, 0.4) is 0 Å². The second kappa shape index (κ2) is 7.17. The van der Waals surface area contributed by atoms with E-state index in [1.165, 1.54) is 12.0 Å². The molecule has 1 aromatic carbocycles. The van der Waals surface area contributed by atoms with Crippen LogP contribution in [0.4, 0.5) is 0 Å². The lowest BCUT2D eigenvalue weighted by Gasteiger charge is -2.12. The Hall–Kier alpha value is -1.22. The summed E-state index contributed by atoms with van der Waals surface area (Å²) in [5, 5.41) is 3.44. The molecule has 0 fully saturated rings. The van der Waals surface area contributed by atoms with Crippen molar-refractivity contribution in [2.75, 3.05) is 20.8 Å². The second-order valence-electron chi connectivity index (χ2n) is 4.37. The third-order valence-electron chi connectivity index (χ3n) is 2.93. The largest absolute Gasteiger partial charge is 0.497 e. The van der Waals surface area contributed by atoms with Gasteiger partial charge in [-0.05, 0) is 30.2 Å². The topological polar surface area (TPSA) is 30.5 Å². The molecule has 1 N–H and O–H groups in total. The van der Waals surface area contributed by atoms with Gasteiger partial charge in [-0.3, -0.25) is 0 Å². The molecule has 0 bridgehead atoms. The van der Waals surface area contributed by atoms with E-state index in [2.05, 4.69) is 19.2 Å². The first kappa shape index (κ1) is 13.8. The average Bonchev–Trinajstić information content (AvgIpc) is 2.37. The maximum absolute atomic E-state index is 5.24. The molecule has 3 nitrogen and oxygen atoms in total. The maximum Gasteiger partial charge on any atom is 0.122 e. The van der Waals surface area contributed by atoms with Gasteiger partial charge in [0.05, 0.1) is 14.2 Å². The lowest BCUT2D eigenvalue weighted by molar-refractivity contribution is 0.392. The zero-order valence-electron chi connectivity index (χ0n) is 11.2. The summed E-state index contributed by atoms with van der Waals surface area (Å²) in [7, 11) is 3.34. The van der Waals surface area contributed by atoms with Gasteiger partial charge in [-0.2, -0.15) is 0 Å². The zero-order valence-corrected chi connectivity index (χ0v) is 11.2. The zero-order chi connectivity index (χ0) is 12.7. The van der Waals surface area contributed by atoms with Gasteiger partial charge in [-0.1, -0.05) is 20.3 Å². The number of nitrogens with one attached hydrogen (secondary N) is 1. The quantitative estimate of drug-likeness (QED) is 0.791. The summed E-state index contributed by atoms with van der Waals surface area (Å²) in [6, 6.07) is 5.95. The first-order chi connectivity index (χ1) is 8.19. The van der Waals surface area contributed by atoms with Crippen LogP contribution in [0.15, 0.2) is 18.2 Å². The molecule has 0 amide bonds. The van der Waals surface area contributed by atoms with E-state index in [0.717, 1.165) is 24.6 Å². The lowest BCUT2D eigenvalue weighted by Crippen LogP contribution is -2.20. The Morgan fingerprint density at radius 1 is 1.12 bits per heavy atom. The second-order valence-corrected chi connectivity index (χ2v) is 4.37. The highest BCUT2D eigenvalue weighted by atomic mass is 16.5. The van der Waals surface area contributed by atoms with Crippen molar-refractivity contribution in [3.8, 4) is 11.5 Å². The van der Waals surface area contributed by atoms with Crippen LogP contribution in [-0.4, -0.2) is 20.8 Å². The number of benzene rings is 1. The molecule has 1 rings (SSSR count). The first-order valence-corrected chi connectivity index (χ1v) is 6.12. The maximum atomic E-state index is 5.24. The molecule has 0 aromatic heterocycles. The molecule has 0 saturated carbocycles. The van der Waals surface area contributed by atoms with Crippen LogP contribution in [0.5, 0.6) is 11.5 Å². The SMILES string of the molecule is CCC(C)CNCc1cc(OC)cc(OC)c1. The van der Waals surface area contributed by atoms with E-state index in [1.807, 2.05) is 18.2 Å². The summed E-state index contributed by atoms with van der Waals surface area (Å²) in [6.45, 7) is 6.34. The monoisotopic (exact) mass is 237 g/mol. The van der Waals surface area contributed by atoms with Gasteiger partial charge in [0.15, 0.2) is 0 Å². The van der Waals surface area contributed by atoms with Crippen molar-refractivity contribution in [2.45, 2.75) is 26.8 Å². The summed E-state index contributed by atoms with van der Waals surface area (Å²) >= 11 is 0. The average molecular weight is 237 g/mol. The van der Waals surface area contributed by atoms with Crippen LogP contribution in [0, 0.1) is 5.92 Å². The van der Waals surface area contributed by atoms with Crippen LogP contribution in [-0.2, 0) is 6.54 Å². The fourth-order valence-electron chi connectivity index (χ4n) is 1.58. The highest BCUT2D eigenvalue weighted by Crippen LogP contribution is 2.22. The van der Waals surface area contributed by atoms with Crippen molar-refractivity contribution in [3.05, 3.63) is 23.8 Å². The van der Waals surface area contributed by atoms with Crippen molar-refractivity contribution >= 4 is 0 Å². The smallest absolute Gasteiger partial charge is 0.122 e. The molecule has 1 aromatic rings. The van der Waals surface area contributed by atoms with Crippen molar-refractivity contribution in [2.24, 2.45) is 5.92 Å². The number of hydrogen-bond acceptors (Lipinski definition) is 3. The molecule has 1 atom stereocenters. The van der Waals surface area contributed by atoms with Crippen molar-refractivity contribution in [1.82, 2.24) is 5.32 Å². The van der Waals surface area contributed by atoms with E-state index in [0.29, 0.717) is 5.92 Å². The molecule has 0 aliphatic heterocycles. The third kappa shape index (κ3) is 4.65. The summed E-state index contributed by atoms with van der Waals surface area (Å²) in [5.74, 6) is 2.39. The summed E-state index contributed by atoms with van der Waals surface area (Å²) < 4.78 is 10.5. The van der Waals surface area contributed by atoms with Gasteiger partial charge in [0.25, 0.3) is 0 Å². The molecular formula is C14H23NO2. The number of hydrogen-bond donors (Lipinski definition) is 1. The predicted molar refractivity (Wildman–Crippen MR) is 70.7 cm³/mol. The Kier molecular flexibility index (Phi) is 5.84. The minimum atomic E-state index is 0.711. The van der Waals surface area contributed by atoms with E-state index >= 15 is 0 Å². The molecule has 0 radical (unpaired) electrons. The standard InChI is InChI=1S/C14H23NO2/c1-5-11(2)9-15-10-12-6-13(16-3)8-14(7-12)17-4/h6-8,11,15H,5,9-10H2,1-4H3. The third-order valence-corrected chi connectivity index (χ3v) is 2.93. The molecular weight excluding hydrogens is 214 g/mol. The highest BCUT2D eigenvalue weighted by molar-refractivity contribution is 5.38. The van der Waals surface area contributed by atoms with Crippen LogP contribution in [0.25, 0.3) is 0 Å². The number of rotatable bonds is 7. The Morgan fingerprint density at radius 2 is 1.71 bits per heavy atom. The number of ether oxygens (including phenoxy) is 2. The van der Waals surface area contributed by atoms with Crippen molar-refractivity contribution in [3.63, 3.8) is 0 Å². The van der Waals surface area contributed by atoms with Gasteiger partial charge >= 0.3 is 0 Å². The molecule has 0 heterocycles. The van der Waals surface area contributed by atoms with Gasteiger partial charge in [0.2, 0.25) is 0 Å². The highest BCUT2D eigenvalue weighted by Gasteiger charge is 2.02. The van der Waals surface area contributed by atoms with E-state index in [9.17, 15) is 0 Å². The predicted octanol–water partition coefficient (Wildman–Crippen LogP) is 2.84. The number of methoxy groups -OCH3 is 2. The Morgan fingerprint density at radius 3 is 2.18 bits per heavy atom. The lowest BCUT2D eigenvalue weighted by atomic mass is 10.1. The Labute approximate surface area is 104 Å². The summed E-state index contributed by atoms with van der Waals surface area (Å²) in [5.41, 5.74) is 1.18. The summed E-state index contributed by atoms with van der Waals surface area (Å²) in [4.78, 5) is 0. The molecule has 0 aliphatic rings. The van der Waals surface area contributed by atoms with Gasteiger partial charge in [-0.25, -0.2) is 0 Å². The fourth-order valence-corrected chi connectivity index (χ4v) is 1.58. The molecule has 3 heteroatoms.